The molecular formula is C24H22N2O2S. The summed E-state index contributed by atoms with van der Waals surface area (Å²) in [5.41, 5.74) is 2.84. The van der Waals surface area contributed by atoms with Crippen LogP contribution in [0, 0.1) is 0 Å². The smallest absolute Gasteiger partial charge is 0.315 e. The third kappa shape index (κ3) is 4.47. The molecule has 4 rings (SSSR count). The van der Waals surface area contributed by atoms with Crippen LogP contribution in [0.4, 0.5) is 4.79 Å². The Bertz CT molecular complexity index is 1040. The molecule has 0 aliphatic heterocycles. The zero-order chi connectivity index (χ0) is 20.1. The molecule has 0 bridgehead atoms. The van der Waals surface area contributed by atoms with Crippen LogP contribution < -0.4 is 10.6 Å². The van der Waals surface area contributed by atoms with Crippen molar-refractivity contribution in [3.63, 3.8) is 0 Å². The molecule has 0 saturated heterocycles. The van der Waals surface area contributed by atoms with E-state index >= 15 is 0 Å². The molecule has 1 atom stereocenters. The van der Waals surface area contributed by atoms with Crippen LogP contribution >= 0.6 is 11.3 Å². The van der Waals surface area contributed by atoms with E-state index in [1.807, 2.05) is 90.3 Å². The summed E-state index contributed by atoms with van der Waals surface area (Å²) in [5.74, 6) is 0. The van der Waals surface area contributed by atoms with Crippen molar-refractivity contribution in [1.82, 2.24) is 10.6 Å². The highest BCUT2D eigenvalue weighted by Gasteiger charge is 2.18. The Balaban J connectivity index is 1.44. The van der Waals surface area contributed by atoms with E-state index in [1.165, 1.54) is 0 Å². The number of thiophene rings is 1. The molecule has 1 aromatic heterocycles. The SMILES string of the molecule is O=C(NC[C@@H](O)c1csc2ccccc12)NC(c1ccccc1)c1ccccc1. The molecule has 2 amide bonds. The maximum atomic E-state index is 12.6. The minimum atomic E-state index is -0.760. The van der Waals surface area contributed by atoms with Gasteiger partial charge in [0.05, 0.1) is 12.1 Å². The van der Waals surface area contributed by atoms with E-state index in [-0.39, 0.29) is 18.6 Å². The summed E-state index contributed by atoms with van der Waals surface area (Å²) < 4.78 is 1.12. The van der Waals surface area contributed by atoms with Gasteiger partial charge in [-0.15, -0.1) is 11.3 Å². The predicted molar refractivity (Wildman–Crippen MR) is 118 cm³/mol. The normalized spacial score (nSPS) is 12.1. The molecule has 146 valence electrons. The lowest BCUT2D eigenvalue weighted by atomic mass is 9.99. The highest BCUT2D eigenvalue weighted by atomic mass is 32.1. The molecule has 1 heterocycles. The molecule has 29 heavy (non-hydrogen) atoms. The van der Waals surface area contributed by atoms with Crippen molar-refractivity contribution in [1.29, 1.82) is 0 Å². The Hall–Kier alpha value is -3.15. The Morgan fingerprint density at radius 2 is 1.45 bits per heavy atom. The molecule has 0 fully saturated rings. The zero-order valence-corrected chi connectivity index (χ0v) is 16.6. The molecular weight excluding hydrogens is 380 g/mol. The second-order valence-corrected chi connectivity index (χ2v) is 7.72. The number of amides is 2. The highest BCUT2D eigenvalue weighted by Crippen LogP contribution is 2.30. The summed E-state index contributed by atoms with van der Waals surface area (Å²) >= 11 is 1.59. The lowest BCUT2D eigenvalue weighted by Gasteiger charge is -2.21. The minimum Gasteiger partial charge on any atom is -0.387 e. The van der Waals surface area contributed by atoms with Gasteiger partial charge >= 0.3 is 6.03 Å². The second kappa shape index (κ2) is 8.90. The topological polar surface area (TPSA) is 61.4 Å². The molecule has 3 aromatic carbocycles. The Morgan fingerprint density at radius 1 is 0.862 bits per heavy atom. The Labute approximate surface area is 173 Å². The maximum Gasteiger partial charge on any atom is 0.315 e. The van der Waals surface area contributed by atoms with Gasteiger partial charge in [0.15, 0.2) is 0 Å². The van der Waals surface area contributed by atoms with E-state index in [0.29, 0.717) is 0 Å². The van der Waals surface area contributed by atoms with E-state index in [0.717, 1.165) is 26.8 Å². The van der Waals surface area contributed by atoms with Crippen molar-refractivity contribution in [3.05, 3.63) is 107 Å². The van der Waals surface area contributed by atoms with E-state index in [9.17, 15) is 9.90 Å². The number of nitrogens with one attached hydrogen (secondary N) is 2. The van der Waals surface area contributed by atoms with Crippen molar-refractivity contribution in [2.24, 2.45) is 0 Å². The third-order valence-corrected chi connectivity index (χ3v) is 5.85. The molecule has 0 spiro atoms. The predicted octanol–water partition coefficient (Wildman–Crippen LogP) is 5.02. The van der Waals surface area contributed by atoms with Crippen molar-refractivity contribution in [2.45, 2.75) is 12.1 Å². The number of carbonyl (C=O) groups excluding carboxylic acids is 1. The number of hydrogen-bond donors (Lipinski definition) is 3. The van der Waals surface area contributed by atoms with Gasteiger partial charge in [-0.2, -0.15) is 0 Å². The number of rotatable bonds is 6. The number of aliphatic hydroxyl groups is 1. The third-order valence-electron chi connectivity index (χ3n) is 4.87. The highest BCUT2D eigenvalue weighted by molar-refractivity contribution is 7.17. The van der Waals surface area contributed by atoms with Gasteiger partial charge in [0.25, 0.3) is 0 Å². The van der Waals surface area contributed by atoms with Crippen LogP contribution in [0.2, 0.25) is 0 Å². The van der Waals surface area contributed by atoms with Gasteiger partial charge in [0, 0.05) is 16.8 Å². The van der Waals surface area contributed by atoms with Crippen LogP contribution in [-0.2, 0) is 0 Å². The van der Waals surface area contributed by atoms with E-state index < -0.39 is 6.10 Å². The maximum absolute atomic E-state index is 12.6. The van der Waals surface area contributed by atoms with Gasteiger partial charge in [-0.3, -0.25) is 0 Å². The minimum absolute atomic E-state index is 0.142. The molecule has 0 aliphatic rings. The fraction of sp³-hybridized carbons (Fsp3) is 0.125. The van der Waals surface area contributed by atoms with Crippen LogP contribution in [0.25, 0.3) is 10.1 Å². The Morgan fingerprint density at radius 3 is 2.10 bits per heavy atom. The van der Waals surface area contributed by atoms with Gasteiger partial charge in [-0.1, -0.05) is 78.9 Å². The van der Waals surface area contributed by atoms with Crippen LogP contribution in [0.1, 0.15) is 28.8 Å². The quantitative estimate of drug-likeness (QED) is 0.424. The summed E-state index contributed by atoms with van der Waals surface area (Å²) in [6.07, 6.45) is -0.760. The van der Waals surface area contributed by atoms with Crippen LogP contribution in [0.3, 0.4) is 0 Å². The van der Waals surface area contributed by atoms with Gasteiger partial charge in [-0.25, -0.2) is 4.79 Å². The molecule has 4 aromatic rings. The number of benzene rings is 3. The number of fused-ring (bicyclic) bond motifs is 1. The van der Waals surface area contributed by atoms with E-state index in [4.69, 9.17) is 0 Å². The van der Waals surface area contributed by atoms with Gasteiger partial charge in [-0.05, 0) is 28.0 Å². The summed E-state index contributed by atoms with van der Waals surface area (Å²) in [6, 6.07) is 27.1. The fourth-order valence-corrected chi connectivity index (χ4v) is 4.40. The second-order valence-electron chi connectivity index (χ2n) is 6.81. The molecule has 3 N–H and O–H groups in total. The summed E-state index contributed by atoms with van der Waals surface area (Å²) in [5, 5.41) is 19.4. The first-order chi connectivity index (χ1) is 14.2. The molecule has 0 unspecified atom stereocenters. The van der Waals surface area contributed by atoms with E-state index in [2.05, 4.69) is 10.6 Å². The zero-order valence-electron chi connectivity index (χ0n) is 15.8. The number of urea groups is 1. The standard InChI is InChI=1S/C24H22N2O2S/c27-21(20-16-29-22-14-8-7-13-19(20)22)15-25-24(28)26-23(17-9-3-1-4-10-17)18-11-5-2-6-12-18/h1-14,16,21,23,27H,15H2,(H2,25,26,28)/t21-/m1/s1. The van der Waals surface area contributed by atoms with Gasteiger partial charge < -0.3 is 15.7 Å². The Kier molecular flexibility index (Phi) is 5.89. The molecule has 4 nitrogen and oxygen atoms in total. The van der Waals surface area contributed by atoms with Crippen molar-refractivity contribution < 1.29 is 9.90 Å². The van der Waals surface area contributed by atoms with Gasteiger partial charge in [0.2, 0.25) is 0 Å². The number of hydrogen-bond acceptors (Lipinski definition) is 3. The largest absolute Gasteiger partial charge is 0.387 e. The number of aliphatic hydroxyl groups excluding tert-OH is 1. The monoisotopic (exact) mass is 402 g/mol. The van der Waals surface area contributed by atoms with Crippen molar-refractivity contribution >= 4 is 27.5 Å². The summed E-state index contributed by atoms with van der Waals surface area (Å²) in [7, 11) is 0. The van der Waals surface area contributed by atoms with Crippen LogP contribution in [0.15, 0.2) is 90.3 Å². The first kappa shape index (κ1) is 19.2. The summed E-state index contributed by atoms with van der Waals surface area (Å²) in [4.78, 5) is 12.6. The van der Waals surface area contributed by atoms with Gasteiger partial charge in [0.1, 0.15) is 0 Å². The van der Waals surface area contributed by atoms with Crippen LogP contribution in [0.5, 0.6) is 0 Å². The van der Waals surface area contributed by atoms with Crippen molar-refractivity contribution in [2.75, 3.05) is 6.54 Å². The first-order valence-electron chi connectivity index (χ1n) is 9.51. The average Bonchev–Trinajstić information content (AvgIpc) is 3.21. The van der Waals surface area contributed by atoms with Crippen LogP contribution in [-0.4, -0.2) is 17.7 Å². The lowest BCUT2D eigenvalue weighted by molar-refractivity contribution is 0.174. The molecule has 0 aliphatic carbocycles. The lowest BCUT2D eigenvalue weighted by Crippen LogP contribution is -2.40. The summed E-state index contributed by atoms with van der Waals surface area (Å²) in [6.45, 7) is 0.142. The molecule has 5 heteroatoms. The average molecular weight is 403 g/mol. The van der Waals surface area contributed by atoms with E-state index in [1.54, 1.807) is 11.3 Å². The fourth-order valence-electron chi connectivity index (χ4n) is 3.39. The molecule has 0 saturated carbocycles. The number of carbonyl (C=O) groups is 1. The van der Waals surface area contributed by atoms with Crippen molar-refractivity contribution in [3.8, 4) is 0 Å². The first-order valence-corrected chi connectivity index (χ1v) is 10.4. The molecule has 0 radical (unpaired) electrons.